The number of carbonyl (C=O) groups is 1. The Hall–Kier alpha value is -2.63. The molecule has 1 aromatic heterocycles. The van der Waals surface area contributed by atoms with E-state index in [1.54, 1.807) is 13.2 Å². The number of hydrogen-bond acceptors (Lipinski definition) is 4. The zero-order valence-electron chi connectivity index (χ0n) is 14.5. The molecule has 0 unspecified atom stereocenters. The van der Waals surface area contributed by atoms with Crippen LogP contribution in [0.3, 0.4) is 0 Å². The third-order valence-electron chi connectivity index (χ3n) is 3.98. The van der Waals surface area contributed by atoms with E-state index in [2.05, 4.69) is 15.6 Å². The molecule has 0 radical (unpaired) electrons. The monoisotopic (exact) mass is 369 g/mol. The number of pyridine rings is 1. The molecule has 0 fully saturated rings. The third kappa shape index (κ3) is 4.31. The van der Waals surface area contributed by atoms with Crippen molar-refractivity contribution < 1.29 is 9.53 Å². The van der Waals surface area contributed by atoms with Crippen LogP contribution >= 0.6 is 11.6 Å². The number of methoxy groups -OCH3 is 1. The summed E-state index contributed by atoms with van der Waals surface area (Å²) in [7, 11) is 1.60. The van der Waals surface area contributed by atoms with Crippen molar-refractivity contribution in [2.24, 2.45) is 0 Å². The second-order valence-electron chi connectivity index (χ2n) is 5.78. The molecule has 3 rings (SSSR count). The fraction of sp³-hybridized carbons (Fsp3) is 0.200. The molecule has 0 saturated carbocycles. The molecule has 134 valence electrons. The van der Waals surface area contributed by atoms with E-state index in [1.807, 2.05) is 48.5 Å². The Morgan fingerprint density at radius 2 is 1.92 bits per heavy atom. The van der Waals surface area contributed by atoms with E-state index in [0.717, 1.165) is 22.2 Å². The van der Waals surface area contributed by atoms with Gasteiger partial charge in [-0.2, -0.15) is 0 Å². The molecule has 2 aromatic carbocycles. The molecule has 0 saturated heterocycles. The summed E-state index contributed by atoms with van der Waals surface area (Å²) in [6.07, 6.45) is 0. The summed E-state index contributed by atoms with van der Waals surface area (Å²) >= 11 is 6.31. The number of ether oxygens (including phenoxy) is 1. The largest absolute Gasteiger partial charge is 0.383 e. The minimum atomic E-state index is -0.145. The van der Waals surface area contributed by atoms with Crippen molar-refractivity contribution in [1.82, 2.24) is 10.3 Å². The maximum atomic E-state index is 12.3. The van der Waals surface area contributed by atoms with Crippen LogP contribution in [-0.4, -0.2) is 31.2 Å². The van der Waals surface area contributed by atoms with Crippen LogP contribution in [0.4, 0.5) is 5.69 Å². The van der Waals surface area contributed by atoms with Crippen molar-refractivity contribution in [3.05, 3.63) is 70.9 Å². The second-order valence-corrected chi connectivity index (χ2v) is 6.14. The molecule has 1 heterocycles. The first-order chi connectivity index (χ1) is 12.7. The summed E-state index contributed by atoms with van der Waals surface area (Å²) in [5.74, 6) is -0.145. The summed E-state index contributed by atoms with van der Waals surface area (Å²) in [6, 6.07) is 17.2. The molecule has 0 bridgehead atoms. The number of anilines is 1. The van der Waals surface area contributed by atoms with Gasteiger partial charge in [0.1, 0.15) is 5.15 Å². The number of hydrogen-bond donors (Lipinski definition) is 2. The van der Waals surface area contributed by atoms with Crippen molar-refractivity contribution in [2.75, 3.05) is 25.6 Å². The molecule has 0 atom stereocenters. The number of fused-ring (bicyclic) bond motifs is 1. The number of amides is 1. The predicted octanol–water partition coefficient (Wildman–Crippen LogP) is 3.88. The number of para-hydroxylation sites is 2. The lowest BCUT2D eigenvalue weighted by Gasteiger charge is -2.13. The van der Waals surface area contributed by atoms with Crippen LogP contribution in [0, 0.1) is 0 Å². The lowest BCUT2D eigenvalue weighted by molar-refractivity contribution is 0.0938. The van der Waals surface area contributed by atoms with Gasteiger partial charge < -0.3 is 15.4 Å². The summed E-state index contributed by atoms with van der Waals surface area (Å²) in [5, 5.41) is 7.61. The maximum Gasteiger partial charge on any atom is 0.253 e. The normalized spacial score (nSPS) is 10.7. The number of benzene rings is 2. The Morgan fingerprint density at radius 1 is 1.15 bits per heavy atom. The van der Waals surface area contributed by atoms with E-state index in [-0.39, 0.29) is 5.91 Å². The van der Waals surface area contributed by atoms with Crippen LogP contribution in [0.15, 0.2) is 54.6 Å². The molecule has 0 aliphatic rings. The van der Waals surface area contributed by atoms with E-state index in [1.165, 1.54) is 0 Å². The molecule has 0 aliphatic carbocycles. The molecular weight excluding hydrogens is 350 g/mol. The van der Waals surface area contributed by atoms with Gasteiger partial charge in [-0.05, 0) is 24.3 Å². The molecule has 3 aromatic rings. The zero-order chi connectivity index (χ0) is 18.4. The molecule has 0 aliphatic heterocycles. The Morgan fingerprint density at radius 3 is 2.77 bits per heavy atom. The van der Waals surface area contributed by atoms with Gasteiger partial charge in [0.15, 0.2) is 0 Å². The first-order valence-corrected chi connectivity index (χ1v) is 8.71. The lowest BCUT2D eigenvalue weighted by atomic mass is 10.1. The molecule has 5 nitrogen and oxygen atoms in total. The third-order valence-corrected chi connectivity index (χ3v) is 4.31. The zero-order valence-corrected chi connectivity index (χ0v) is 15.2. The SMILES string of the molecule is COCCNC(=O)c1ccccc1NCc1cc2ccccc2nc1Cl. The summed E-state index contributed by atoms with van der Waals surface area (Å²) in [5.41, 5.74) is 3.05. The van der Waals surface area contributed by atoms with Crippen LogP contribution in [0.1, 0.15) is 15.9 Å². The van der Waals surface area contributed by atoms with Gasteiger partial charge in [0.05, 0.1) is 17.7 Å². The van der Waals surface area contributed by atoms with Gasteiger partial charge in [0, 0.05) is 36.8 Å². The number of halogens is 1. The molecule has 2 N–H and O–H groups in total. The van der Waals surface area contributed by atoms with Crippen LogP contribution in [-0.2, 0) is 11.3 Å². The Bertz CT molecular complexity index is 914. The van der Waals surface area contributed by atoms with E-state index in [9.17, 15) is 4.79 Å². The number of nitrogens with zero attached hydrogens (tertiary/aromatic N) is 1. The highest BCUT2D eigenvalue weighted by Crippen LogP contribution is 2.22. The Kier molecular flexibility index (Phi) is 6.04. The van der Waals surface area contributed by atoms with Gasteiger partial charge in [-0.1, -0.05) is 41.9 Å². The van der Waals surface area contributed by atoms with Gasteiger partial charge in [-0.15, -0.1) is 0 Å². The van der Waals surface area contributed by atoms with Gasteiger partial charge in [-0.25, -0.2) is 4.98 Å². The highest BCUT2D eigenvalue weighted by atomic mass is 35.5. The minimum absolute atomic E-state index is 0.145. The molecule has 26 heavy (non-hydrogen) atoms. The van der Waals surface area contributed by atoms with Crippen molar-refractivity contribution in [3.63, 3.8) is 0 Å². The van der Waals surface area contributed by atoms with Crippen LogP contribution < -0.4 is 10.6 Å². The van der Waals surface area contributed by atoms with Crippen molar-refractivity contribution in [3.8, 4) is 0 Å². The standard InChI is InChI=1S/C20H20ClN3O2/c1-26-11-10-22-20(25)16-7-3-5-9-18(16)23-13-15-12-14-6-2-4-8-17(14)24-19(15)21/h2-9,12,23H,10-11,13H2,1H3,(H,22,25). The summed E-state index contributed by atoms with van der Waals surface area (Å²) in [4.78, 5) is 16.8. The fourth-order valence-corrected chi connectivity index (χ4v) is 2.86. The maximum absolute atomic E-state index is 12.3. The first-order valence-electron chi connectivity index (χ1n) is 8.33. The topological polar surface area (TPSA) is 63.2 Å². The van der Waals surface area contributed by atoms with Crippen LogP contribution in [0.25, 0.3) is 10.9 Å². The summed E-state index contributed by atoms with van der Waals surface area (Å²) in [6.45, 7) is 1.41. The van der Waals surface area contributed by atoms with Gasteiger partial charge in [0.2, 0.25) is 0 Å². The first kappa shape index (κ1) is 18.2. The highest BCUT2D eigenvalue weighted by molar-refractivity contribution is 6.30. The van der Waals surface area contributed by atoms with Gasteiger partial charge in [0.25, 0.3) is 5.91 Å². The number of carbonyl (C=O) groups excluding carboxylic acids is 1. The van der Waals surface area contributed by atoms with Crippen molar-refractivity contribution in [2.45, 2.75) is 6.54 Å². The van der Waals surface area contributed by atoms with Gasteiger partial charge in [-0.3, -0.25) is 4.79 Å². The van der Waals surface area contributed by atoms with Gasteiger partial charge >= 0.3 is 0 Å². The molecule has 0 spiro atoms. The lowest BCUT2D eigenvalue weighted by Crippen LogP contribution is -2.27. The van der Waals surface area contributed by atoms with Crippen LogP contribution in [0.5, 0.6) is 0 Å². The average Bonchev–Trinajstić information content (AvgIpc) is 2.66. The second kappa shape index (κ2) is 8.65. The minimum Gasteiger partial charge on any atom is -0.383 e. The molecule has 1 amide bonds. The van der Waals surface area contributed by atoms with Crippen molar-refractivity contribution >= 4 is 34.1 Å². The Labute approximate surface area is 157 Å². The number of nitrogens with one attached hydrogen (secondary N) is 2. The predicted molar refractivity (Wildman–Crippen MR) is 105 cm³/mol. The summed E-state index contributed by atoms with van der Waals surface area (Å²) < 4.78 is 4.96. The van der Waals surface area contributed by atoms with E-state index in [4.69, 9.17) is 16.3 Å². The Balaban J connectivity index is 1.76. The highest BCUT2D eigenvalue weighted by Gasteiger charge is 2.11. The smallest absolute Gasteiger partial charge is 0.253 e. The quantitative estimate of drug-likeness (QED) is 0.490. The van der Waals surface area contributed by atoms with Crippen molar-refractivity contribution in [1.29, 1.82) is 0 Å². The van der Waals surface area contributed by atoms with Crippen LogP contribution in [0.2, 0.25) is 5.15 Å². The molecule has 6 heteroatoms. The number of aromatic nitrogens is 1. The van der Waals surface area contributed by atoms with E-state index < -0.39 is 0 Å². The van der Waals surface area contributed by atoms with E-state index in [0.29, 0.717) is 30.4 Å². The molecular formula is C20H20ClN3O2. The fourth-order valence-electron chi connectivity index (χ4n) is 2.65. The number of rotatable bonds is 7. The van der Waals surface area contributed by atoms with E-state index >= 15 is 0 Å². The average molecular weight is 370 g/mol.